The fourth-order valence-corrected chi connectivity index (χ4v) is 4.21. The van der Waals surface area contributed by atoms with E-state index in [0.29, 0.717) is 11.4 Å². The Bertz CT molecular complexity index is 1380. The van der Waals surface area contributed by atoms with Gasteiger partial charge in [0.15, 0.2) is 0 Å². The second-order valence-electron chi connectivity index (χ2n) is 7.56. The number of phenols is 1. The van der Waals surface area contributed by atoms with Crippen LogP contribution in [0.2, 0.25) is 0 Å². The quantitative estimate of drug-likeness (QED) is 0.131. The molecule has 3 aromatic heterocycles. The van der Waals surface area contributed by atoms with E-state index in [4.69, 9.17) is 20.3 Å². The van der Waals surface area contributed by atoms with Crippen molar-refractivity contribution in [2.45, 2.75) is 0 Å². The number of aromatic hydroxyl groups is 1. The number of benzene rings is 2. The first-order valence-corrected chi connectivity index (χ1v) is 13.2. The van der Waals surface area contributed by atoms with Crippen LogP contribution in [0, 0.1) is 15.3 Å². The normalized spacial score (nSPS) is 9.86. The Morgan fingerprint density at radius 3 is 2.06 bits per heavy atom. The molecule has 0 radical (unpaired) electrons. The van der Waals surface area contributed by atoms with Crippen molar-refractivity contribution in [1.29, 1.82) is 0 Å². The first-order chi connectivity index (χ1) is 16.9. The third-order valence-electron chi connectivity index (χ3n) is 4.95. The topological polar surface area (TPSA) is 117 Å². The molecule has 36 heavy (non-hydrogen) atoms. The third-order valence-corrected chi connectivity index (χ3v) is 6.44. The Morgan fingerprint density at radius 1 is 0.861 bits per heavy atom. The molecular weight excluding hydrogens is 571 g/mol. The molecule has 3 heterocycles. The summed E-state index contributed by atoms with van der Waals surface area (Å²) in [6.07, 6.45) is 3.69. The SMILES string of the molecule is C[PH+](C)c1ccccc1.O=[N+]([O-])[O-].Oc1ccccc1-c1nc(-c2ccccn2)c2ccccn12.[Ag+]. The van der Waals surface area contributed by atoms with Crippen molar-refractivity contribution in [2.75, 3.05) is 13.3 Å². The number of nitrogens with zero attached hydrogens (tertiary/aromatic N) is 4. The Hall–Kier alpha value is -3.55. The Balaban J connectivity index is 0.000000273. The van der Waals surface area contributed by atoms with Gasteiger partial charge in [-0.1, -0.05) is 42.5 Å². The van der Waals surface area contributed by atoms with Crippen molar-refractivity contribution in [3.63, 3.8) is 0 Å². The van der Waals surface area contributed by atoms with Crippen molar-refractivity contribution >= 4 is 18.7 Å². The summed E-state index contributed by atoms with van der Waals surface area (Å²) < 4.78 is 1.97. The van der Waals surface area contributed by atoms with Gasteiger partial charge >= 0.3 is 22.4 Å². The summed E-state index contributed by atoms with van der Waals surface area (Å²) in [5.74, 6) is 0.917. The molecular formula is C26H25AgN4O4P+. The molecule has 1 N–H and O–H groups in total. The molecule has 0 amide bonds. The van der Waals surface area contributed by atoms with Gasteiger partial charge in [-0.3, -0.25) is 9.38 Å². The Kier molecular flexibility index (Phi) is 11.2. The molecule has 0 unspecified atom stereocenters. The number of pyridine rings is 2. The van der Waals surface area contributed by atoms with Gasteiger partial charge in [0, 0.05) is 20.3 Å². The van der Waals surface area contributed by atoms with Gasteiger partial charge in [0.05, 0.1) is 40.5 Å². The first-order valence-electron chi connectivity index (χ1n) is 10.7. The summed E-state index contributed by atoms with van der Waals surface area (Å²) in [4.78, 5) is 17.4. The van der Waals surface area contributed by atoms with E-state index in [-0.39, 0.29) is 36.1 Å². The zero-order valence-electron chi connectivity index (χ0n) is 19.6. The zero-order valence-corrected chi connectivity index (χ0v) is 22.1. The van der Waals surface area contributed by atoms with Crippen LogP contribution in [0.4, 0.5) is 0 Å². The van der Waals surface area contributed by atoms with Gasteiger partial charge in [-0.05, 0) is 48.5 Å². The molecule has 0 aliphatic carbocycles. The van der Waals surface area contributed by atoms with Crippen LogP contribution >= 0.6 is 7.92 Å². The number of rotatable bonds is 3. The van der Waals surface area contributed by atoms with E-state index in [1.165, 1.54) is 5.30 Å². The van der Waals surface area contributed by atoms with Gasteiger partial charge in [-0.2, -0.15) is 0 Å². The Morgan fingerprint density at radius 2 is 1.47 bits per heavy atom. The molecule has 10 heteroatoms. The summed E-state index contributed by atoms with van der Waals surface area (Å²) in [7, 11) is -0.212. The number of phenolic OH excluding ortho intramolecular Hbond substituents is 1. The minimum atomic E-state index is -1.75. The minimum Gasteiger partial charge on any atom is -0.507 e. The second kappa shape index (κ2) is 14.1. The molecule has 0 bridgehead atoms. The molecule has 8 nitrogen and oxygen atoms in total. The standard InChI is InChI=1S/C18H13N3O.C8H11P.Ag.NO3/c22-16-10-2-1-7-13(16)18-20-17(14-8-3-5-11-19-14)15-9-4-6-12-21(15)18;1-9(2)8-6-4-3-5-7-8;;2-1(3)4/h1-12,22H;3-7H,1-2H3;;/q;;+1;-1/p+1. The number of imidazole rings is 1. The summed E-state index contributed by atoms with van der Waals surface area (Å²) in [6.45, 7) is 4.61. The molecule has 5 aromatic rings. The van der Waals surface area contributed by atoms with Gasteiger partial charge in [0.1, 0.15) is 17.3 Å². The van der Waals surface area contributed by atoms with Crippen LogP contribution in [0.3, 0.4) is 0 Å². The van der Waals surface area contributed by atoms with Crippen LogP contribution in [0.15, 0.2) is 103 Å². The third kappa shape index (κ3) is 7.73. The van der Waals surface area contributed by atoms with Crippen LogP contribution in [0.1, 0.15) is 0 Å². The van der Waals surface area contributed by atoms with E-state index >= 15 is 0 Å². The maximum absolute atomic E-state index is 10.1. The largest absolute Gasteiger partial charge is 1.00 e. The molecule has 0 saturated heterocycles. The van der Waals surface area contributed by atoms with Crippen molar-refractivity contribution < 1.29 is 32.6 Å². The predicted octanol–water partition coefficient (Wildman–Crippen LogP) is 5.31. The average Bonchev–Trinajstić information content (AvgIpc) is 3.25. The second-order valence-corrected chi connectivity index (χ2v) is 10.1. The fraction of sp³-hybridized carbons (Fsp3) is 0.0769. The molecule has 0 fully saturated rings. The fourth-order valence-electron chi connectivity index (χ4n) is 3.35. The maximum atomic E-state index is 10.1. The minimum absolute atomic E-state index is 0. The summed E-state index contributed by atoms with van der Waals surface area (Å²) in [5.41, 5.74) is 3.28. The van der Waals surface area contributed by atoms with Crippen LogP contribution in [-0.2, 0) is 22.4 Å². The number of fused-ring (bicyclic) bond motifs is 1. The molecule has 2 aromatic carbocycles. The van der Waals surface area contributed by atoms with Gasteiger partial charge < -0.3 is 20.4 Å². The number of para-hydroxylation sites is 1. The molecule has 0 atom stereocenters. The van der Waals surface area contributed by atoms with E-state index in [1.807, 2.05) is 59.1 Å². The van der Waals surface area contributed by atoms with Crippen LogP contribution in [0.25, 0.3) is 28.3 Å². The average molecular weight is 596 g/mol. The van der Waals surface area contributed by atoms with Crippen LogP contribution in [-0.4, -0.2) is 37.9 Å². The Labute approximate surface area is 225 Å². The van der Waals surface area contributed by atoms with E-state index in [1.54, 1.807) is 18.3 Å². The first kappa shape index (κ1) is 28.7. The summed E-state index contributed by atoms with van der Waals surface area (Å²) >= 11 is 0. The molecule has 0 aliphatic rings. The molecule has 5 rings (SSSR count). The van der Waals surface area contributed by atoms with Crippen LogP contribution < -0.4 is 5.30 Å². The predicted molar refractivity (Wildman–Crippen MR) is 142 cm³/mol. The van der Waals surface area contributed by atoms with Gasteiger partial charge in [-0.25, -0.2) is 4.98 Å². The molecule has 0 spiro atoms. The smallest absolute Gasteiger partial charge is 0.507 e. The van der Waals surface area contributed by atoms with E-state index in [9.17, 15) is 5.11 Å². The van der Waals surface area contributed by atoms with Crippen molar-refractivity contribution in [3.8, 4) is 28.5 Å². The van der Waals surface area contributed by atoms with Gasteiger partial charge in [0.25, 0.3) is 0 Å². The van der Waals surface area contributed by atoms with Gasteiger partial charge in [0.2, 0.25) is 0 Å². The zero-order chi connectivity index (χ0) is 25.2. The van der Waals surface area contributed by atoms with Crippen molar-refractivity contribution in [3.05, 3.63) is 119 Å². The molecule has 0 aliphatic heterocycles. The number of hydrogen-bond acceptors (Lipinski definition) is 6. The van der Waals surface area contributed by atoms with Crippen LogP contribution in [0.5, 0.6) is 5.75 Å². The van der Waals surface area contributed by atoms with E-state index in [2.05, 4.69) is 48.6 Å². The van der Waals surface area contributed by atoms with E-state index < -0.39 is 5.09 Å². The number of aromatic nitrogens is 3. The van der Waals surface area contributed by atoms with Crippen molar-refractivity contribution in [1.82, 2.24) is 14.4 Å². The monoisotopic (exact) mass is 595 g/mol. The summed E-state index contributed by atoms with van der Waals surface area (Å²) in [5, 5.41) is 26.4. The van der Waals surface area contributed by atoms with Gasteiger partial charge in [-0.15, -0.1) is 0 Å². The maximum Gasteiger partial charge on any atom is 1.00 e. The molecule has 0 saturated carbocycles. The van der Waals surface area contributed by atoms with E-state index in [0.717, 1.165) is 16.9 Å². The molecule has 188 valence electrons. The summed E-state index contributed by atoms with van der Waals surface area (Å²) in [6, 6.07) is 29.6. The number of hydrogen-bond donors (Lipinski definition) is 1. The van der Waals surface area contributed by atoms with Crippen molar-refractivity contribution in [2.24, 2.45) is 0 Å².